The van der Waals surface area contributed by atoms with E-state index in [0.29, 0.717) is 17.2 Å². The van der Waals surface area contributed by atoms with Gasteiger partial charge in [0.15, 0.2) is 0 Å². The Balaban J connectivity index is 0.000000185. The van der Waals surface area contributed by atoms with E-state index >= 15 is 0 Å². The number of allylic oxidation sites excluding steroid dienone is 1. The molecule has 0 radical (unpaired) electrons. The van der Waals surface area contributed by atoms with E-state index in [2.05, 4.69) is 0 Å². The molecule has 0 aliphatic rings. The Labute approximate surface area is 142 Å². The van der Waals surface area contributed by atoms with E-state index in [-0.39, 0.29) is 0 Å². The first-order chi connectivity index (χ1) is 11.6. The summed E-state index contributed by atoms with van der Waals surface area (Å²) in [7, 11) is 0. The molecule has 3 aromatic rings. The van der Waals surface area contributed by atoms with E-state index < -0.39 is 0 Å². The largest absolute Gasteiger partial charge is 0.508 e. The van der Waals surface area contributed by atoms with Crippen molar-refractivity contribution >= 4 is 6.08 Å². The number of rotatable bonds is 1. The van der Waals surface area contributed by atoms with Gasteiger partial charge < -0.3 is 15.3 Å². The molecule has 0 fully saturated rings. The smallest absolute Gasteiger partial charge is 0.122 e. The Morgan fingerprint density at radius 1 is 0.583 bits per heavy atom. The van der Waals surface area contributed by atoms with Gasteiger partial charge in [0.05, 0.1) is 0 Å². The number of hydrogen-bond acceptors (Lipinski definition) is 3. The zero-order valence-corrected chi connectivity index (χ0v) is 13.6. The minimum atomic E-state index is 0.322. The van der Waals surface area contributed by atoms with Crippen LogP contribution in [0.15, 0.2) is 91.0 Å². The molecule has 0 aliphatic carbocycles. The van der Waals surface area contributed by atoms with Crippen LogP contribution in [0.1, 0.15) is 12.5 Å². The van der Waals surface area contributed by atoms with Gasteiger partial charge in [-0.2, -0.15) is 0 Å². The first-order valence-electron chi connectivity index (χ1n) is 7.52. The molecule has 3 N–H and O–H groups in total. The molecule has 0 bridgehead atoms. The van der Waals surface area contributed by atoms with Crippen molar-refractivity contribution in [2.24, 2.45) is 0 Å². The lowest BCUT2D eigenvalue weighted by atomic mass is 10.2. The molecule has 0 aromatic heterocycles. The van der Waals surface area contributed by atoms with Crippen molar-refractivity contribution in [3.05, 3.63) is 96.6 Å². The predicted octanol–water partition coefficient (Wildman–Crippen LogP) is 5.21. The molecule has 3 nitrogen and oxygen atoms in total. The number of aromatic hydroxyl groups is 3. The molecule has 0 atom stereocenters. The van der Waals surface area contributed by atoms with Crippen molar-refractivity contribution in [1.82, 2.24) is 0 Å². The molecule has 0 heterocycles. The lowest BCUT2D eigenvalue weighted by Crippen LogP contribution is -1.70. The van der Waals surface area contributed by atoms with Crippen LogP contribution in [-0.4, -0.2) is 15.3 Å². The Bertz CT molecular complexity index is 670. The molecule has 0 spiro atoms. The number of phenols is 3. The molecule has 3 heteroatoms. The summed E-state index contributed by atoms with van der Waals surface area (Å²) in [5, 5.41) is 26.5. The first-order valence-corrected chi connectivity index (χ1v) is 7.52. The zero-order valence-electron chi connectivity index (χ0n) is 13.6. The Hall–Kier alpha value is -3.20. The van der Waals surface area contributed by atoms with Gasteiger partial charge in [0.2, 0.25) is 0 Å². The van der Waals surface area contributed by atoms with Gasteiger partial charge in [-0.1, -0.05) is 66.7 Å². The standard InChI is InChI=1S/C9H10O.2C6H6O/c1-2-5-8-6-3-4-7-9(8)10;2*7-6-4-2-1-3-5-6/h2-7,10H,1H3;2*1-5,7H/b5-2-;;. The molecule has 0 aliphatic heterocycles. The van der Waals surface area contributed by atoms with Gasteiger partial charge in [-0.15, -0.1) is 0 Å². The molecular formula is C21H22O3. The van der Waals surface area contributed by atoms with Gasteiger partial charge in [0.25, 0.3) is 0 Å². The van der Waals surface area contributed by atoms with Crippen molar-refractivity contribution < 1.29 is 15.3 Å². The molecule has 124 valence electrons. The van der Waals surface area contributed by atoms with Crippen LogP contribution in [0.5, 0.6) is 17.2 Å². The Morgan fingerprint density at radius 2 is 1.00 bits per heavy atom. The number of hydrogen-bond donors (Lipinski definition) is 3. The molecule has 0 saturated heterocycles. The van der Waals surface area contributed by atoms with Crippen molar-refractivity contribution in [1.29, 1.82) is 0 Å². The summed E-state index contributed by atoms with van der Waals surface area (Å²) in [6.45, 7) is 1.92. The summed E-state index contributed by atoms with van der Waals surface area (Å²) in [5.74, 6) is 0.977. The summed E-state index contributed by atoms with van der Waals surface area (Å²) in [4.78, 5) is 0. The highest BCUT2D eigenvalue weighted by molar-refractivity contribution is 5.56. The lowest BCUT2D eigenvalue weighted by molar-refractivity contribution is 0.474. The van der Waals surface area contributed by atoms with Gasteiger partial charge in [-0.25, -0.2) is 0 Å². The number of phenolic OH excluding ortho intramolecular Hbond substituents is 3. The molecule has 24 heavy (non-hydrogen) atoms. The second-order valence-electron chi connectivity index (χ2n) is 4.73. The first kappa shape index (κ1) is 18.8. The highest BCUT2D eigenvalue weighted by Crippen LogP contribution is 2.16. The molecule has 0 saturated carbocycles. The number of benzene rings is 3. The highest BCUT2D eigenvalue weighted by atomic mass is 16.3. The summed E-state index contributed by atoms with van der Waals surface area (Å²) in [6, 6.07) is 24.7. The normalized spacial score (nSPS) is 9.38. The Morgan fingerprint density at radius 3 is 1.33 bits per heavy atom. The second-order valence-corrected chi connectivity index (χ2v) is 4.73. The van der Waals surface area contributed by atoms with Gasteiger partial charge in [-0.3, -0.25) is 0 Å². The average molecular weight is 322 g/mol. The molecule has 3 rings (SSSR count). The average Bonchev–Trinajstić information content (AvgIpc) is 2.60. The van der Waals surface area contributed by atoms with Crippen LogP contribution in [-0.2, 0) is 0 Å². The molecule has 0 unspecified atom stereocenters. The minimum Gasteiger partial charge on any atom is -0.508 e. The molecule has 0 amide bonds. The van der Waals surface area contributed by atoms with E-state index in [9.17, 15) is 5.11 Å². The lowest BCUT2D eigenvalue weighted by Gasteiger charge is -1.94. The third-order valence-electron chi connectivity index (χ3n) is 2.80. The fourth-order valence-electron chi connectivity index (χ4n) is 1.66. The predicted molar refractivity (Wildman–Crippen MR) is 99.0 cm³/mol. The van der Waals surface area contributed by atoms with E-state index in [1.807, 2.05) is 49.4 Å². The second kappa shape index (κ2) is 11.4. The van der Waals surface area contributed by atoms with Gasteiger partial charge in [0, 0.05) is 5.56 Å². The van der Waals surface area contributed by atoms with Crippen molar-refractivity contribution in [2.45, 2.75) is 6.92 Å². The van der Waals surface area contributed by atoms with Crippen LogP contribution in [0.25, 0.3) is 6.08 Å². The van der Waals surface area contributed by atoms with Gasteiger partial charge >= 0.3 is 0 Å². The van der Waals surface area contributed by atoms with Crippen molar-refractivity contribution in [3.8, 4) is 17.2 Å². The third kappa shape index (κ3) is 8.29. The van der Waals surface area contributed by atoms with Crippen LogP contribution in [0.3, 0.4) is 0 Å². The summed E-state index contributed by atoms with van der Waals surface area (Å²) >= 11 is 0. The van der Waals surface area contributed by atoms with Crippen LogP contribution in [0, 0.1) is 0 Å². The topological polar surface area (TPSA) is 60.7 Å². The van der Waals surface area contributed by atoms with Crippen molar-refractivity contribution in [2.75, 3.05) is 0 Å². The molecule has 3 aromatic carbocycles. The number of para-hydroxylation sites is 3. The summed E-state index contributed by atoms with van der Waals surface area (Å²) in [6.07, 6.45) is 3.77. The maximum Gasteiger partial charge on any atom is 0.122 e. The minimum absolute atomic E-state index is 0.322. The van der Waals surface area contributed by atoms with Crippen LogP contribution in [0.2, 0.25) is 0 Å². The van der Waals surface area contributed by atoms with E-state index in [1.54, 1.807) is 54.6 Å². The fraction of sp³-hybridized carbons (Fsp3) is 0.0476. The Kier molecular flexibility index (Phi) is 8.94. The maximum atomic E-state index is 9.19. The zero-order chi connectivity index (χ0) is 17.6. The quantitative estimate of drug-likeness (QED) is 0.576. The van der Waals surface area contributed by atoms with Gasteiger partial charge in [-0.05, 0) is 37.3 Å². The highest BCUT2D eigenvalue weighted by Gasteiger charge is 1.90. The van der Waals surface area contributed by atoms with E-state index in [1.165, 1.54) is 0 Å². The fourth-order valence-corrected chi connectivity index (χ4v) is 1.66. The van der Waals surface area contributed by atoms with E-state index in [0.717, 1.165) is 5.56 Å². The van der Waals surface area contributed by atoms with Crippen LogP contribution < -0.4 is 0 Å². The SMILES string of the molecule is C/C=C\c1ccccc1O.Oc1ccccc1.Oc1ccccc1. The van der Waals surface area contributed by atoms with E-state index in [4.69, 9.17) is 10.2 Å². The van der Waals surface area contributed by atoms with Crippen LogP contribution >= 0.6 is 0 Å². The maximum absolute atomic E-state index is 9.19. The monoisotopic (exact) mass is 322 g/mol. The molecular weight excluding hydrogens is 300 g/mol. The van der Waals surface area contributed by atoms with Crippen LogP contribution in [0.4, 0.5) is 0 Å². The third-order valence-corrected chi connectivity index (χ3v) is 2.80. The van der Waals surface area contributed by atoms with Gasteiger partial charge in [0.1, 0.15) is 17.2 Å². The summed E-state index contributed by atoms with van der Waals surface area (Å²) < 4.78 is 0. The van der Waals surface area contributed by atoms with Crippen molar-refractivity contribution in [3.63, 3.8) is 0 Å². The summed E-state index contributed by atoms with van der Waals surface area (Å²) in [5.41, 5.74) is 0.866.